The number of rotatable bonds is 5. The topological polar surface area (TPSA) is 102 Å². The van der Waals surface area contributed by atoms with E-state index in [1.807, 2.05) is 53.4 Å². The summed E-state index contributed by atoms with van der Waals surface area (Å²) >= 11 is 0. The van der Waals surface area contributed by atoms with Crippen molar-refractivity contribution in [2.45, 2.75) is 13.0 Å². The number of amides is 2. The van der Waals surface area contributed by atoms with Crippen LogP contribution in [0.4, 0.5) is 11.5 Å². The molecule has 5 rings (SSSR count). The predicted molar refractivity (Wildman–Crippen MR) is 122 cm³/mol. The Morgan fingerprint density at radius 3 is 2.61 bits per heavy atom. The normalized spacial score (nSPS) is 13.7. The molecule has 4 aromatic heterocycles. The summed E-state index contributed by atoms with van der Waals surface area (Å²) in [7, 11) is 0. The Hall–Kier alpha value is -4.53. The molecule has 9 heteroatoms. The van der Waals surface area contributed by atoms with Crippen LogP contribution in [0.1, 0.15) is 6.92 Å². The Bertz CT molecular complexity index is 1290. The molecular formula is C24H20N6O3. The predicted octanol–water partition coefficient (Wildman–Crippen LogP) is 3.08. The lowest BCUT2D eigenvalue weighted by molar-refractivity contribution is -0.126. The van der Waals surface area contributed by atoms with Crippen molar-refractivity contribution in [2.75, 3.05) is 16.8 Å². The number of hydrogen-bond acceptors (Lipinski definition) is 6. The SMILES string of the molecule is CC(Oc1ccc(-n2cccc2)cn1)C(=O)N1CC(=O)Nc2ccc(-c3ccccn3)nc21. The third kappa shape index (κ3) is 4.16. The average Bonchev–Trinajstić information content (AvgIpc) is 3.39. The van der Waals surface area contributed by atoms with E-state index in [4.69, 9.17) is 4.74 Å². The third-order valence-electron chi connectivity index (χ3n) is 5.17. The molecule has 1 N–H and O–H groups in total. The van der Waals surface area contributed by atoms with Crippen molar-refractivity contribution in [3.63, 3.8) is 0 Å². The lowest BCUT2D eigenvalue weighted by Gasteiger charge is -2.30. The van der Waals surface area contributed by atoms with Crippen molar-refractivity contribution in [1.82, 2.24) is 19.5 Å². The molecule has 1 unspecified atom stereocenters. The highest BCUT2D eigenvalue weighted by Crippen LogP contribution is 2.31. The van der Waals surface area contributed by atoms with E-state index in [1.54, 1.807) is 37.5 Å². The minimum Gasteiger partial charge on any atom is -0.465 e. The van der Waals surface area contributed by atoms with Crippen LogP contribution in [0.25, 0.3) is 17.1 Å². The molecule has 0 spiro atoms. The van der Waals surface area contributed by atoms with Gasteiger partial charge in [-0.3, -0.25) is 19.5 Å². The van der Waals surface area contributed by atoms with E-state index in [9.17, 15) is 9.59 Å². The number of carbonyl (C=O) groups excluding carboxylic acids is 2. The van der Waals surface area contributed by atoms with Gasteiger partial charge in [-0.15, -0.1) is 0 Å². The summed E-state index contributed by atoms with van der Waals surface area (Å²) in [6.45, 7) is 1.47. The van der Waals surface area contributed by atoms with Crippen LogP contribution < -0.4 is 15.0 Å². The fourth-order valence-electron chi connectivity index (χ4n) is 3.55. The van der Waals surface area contributed by atoms with E-state index >= 15 is 0 Å². The van der Waals surface area contributed by atoms with Gasteiger partial charge in [-0.1, -0.05) is 6.07 Å². The summed E-state index contributed by atoms with van der Waals surface area (Å²) in [6, 6.07) is 16.4. The van der Waals surface area contributed by atoms with Crippen LogP contribution in [0.2, 0.25) is 0 Å². The highest BCUT2D eigenvalue weighted by Gasteiger charge is 2.32. The van der Waals surface area contributed by atoms with E-state index < -0.39 is 12.0 Å². The number of carbonyl (C=O) groups is 2. The first-order valence-electron chi connectivity index (χ1n) is 10.4. The van der Waals surface area contributed by atoms with Gasteiger partial charge in [-0.25, -0.2) is 9.97 Å². The Kier molecular flexibility index (Phi) is 5.27. The summed E-state index contributed by atoms with van der Waals surface area (Å²) in [4.78, 5) is 40.0. The van der Waals surface area contributed by atoms with Crippen LogP contribution in [0.15, 0.2) is 79.4 Å². The van der Waals surface area contributed by atoms with Gasteiger partial charge in [0, 0.05) is 24.7 Å². The zero-order chi connectivity index (χ0) is 22.8. The Balaban J connectivity index is 1.37. The molecule has 0 radical (unpaired) electrons. The molecule has 5 heterocycles. The smallest absolute Gasteiger partial charge is 0.269 e. The second kappa shape index (κ2) is 8.54. The number of hydrogen-bond donors (Lipinski definition) is 1. The van der Waals surface area contributed by atoms with Crippen molar-refractivity contribution >= 4 is 23.3 Å². The van der Waals surface area contributed by atoms with Gasteiger partial charge < -0.3 is 14.6 Å². The molecule has 33 heavy (non-hydrogen) atoms. The maximum Gasteiger partial charge on any atom is 0.269 e. The highest BCUT2D eigenvalue weighted by molar-refractivity contribution is 6.10. The molecule has 2 amide bonds. The molecule has 0 aromatic carbocycles. The van der Waals surface area contributed by atoms with E-state index in [-0.39, 0.29) is 12.5 Å². The molecule has 0 saturated carbocycles. The number of nitrogens with one attached hydrogen (secondary N) is 1. The molecule has 0 fully saturated rings. The Morgan fingerprint density at radius 1 is 1.03 bits per heavy atom. The molecule has 1 aliphatic heterocycles. The van der Waals surface area contributed by atoms with E-state index in [1.165, 1.54) is 4.90 Å². The van der Waals surface area contributed by atoms with Gasteiger partial charge in [0.05, 0.1) is 29.0 Å². The number of anilines is 2. The summed E-state index contributed by atoms with van der Waals surface area (Å²) in [6.07, 6.45) is 6.28. The van der Waals surface area contributed by atoms with E-state index in [2.05, 4.69) is 20.3 Å². The van der Waals surface area contributed by atoms with Crippen molar-refractivity contribution in [3.05, 3.63) is 79.4 Å². The molecule has 1 aliphatic rings. The minimum absolute atomic E-state index is 0.155. The Morgan fingerprint density at radius 2 is 1.88 bits per heavy atom. The number of ether oxygens (including phenoxy) is 1. The van der Waals surface area contributed by atoms with Gasteiger partial charge in [-0.05, 0) is 49.4 Å². The summed E-state index contributed by atoms with van der Waals surface area (Å²) in [5.74, 6) is -0.0320. The third-order valence-corrected chi connectivity index (χ3v) is 5.17. The number of pyridine rings is 3. The lowest BCUT2D eigenvalue weighted by Crippen LogP contribution is -2.48. The first-order valence-corrected chi connectivity index (χ1v) is 10.4. The second-order valence-electron chi connectivity index (χ2n) is 7.46. The van der Waals surface area contributed by atoms with Gasteiger partial charge in [0.1, 0.15) is 6.54 Å². The second-order valence-corrected chi connectivity index (χ2v) is 7.46. The lowest BCUT2D eigenvalue weighted by atomic mass is 10.2. The maximum atomic E-state index is 13.2. The van der Waals surface area contributed by atoms with Crippen LogP contribution in [-0.2, 0) is 9.59 Å². The Labute approximate surface area is 189 Å². The first kappa shape index (κ1) is 20.4. The standard InChI is InChI=1S/C24H20N6O3/c1-16(33-22-10-7-17(14-26-22)29-12-4-5-13-29)24(32)30-15-21(31)27-20-9-8-19(28-23(20)30)18-6-2-3-11-25-18/h2-14,16H,15H2,1H3,(H,27,31). The summed E-state index contributed by atoms with van der Waals surface area (Å²) in [5, 5.41) is 2.76. The summed E-state index contributed by atoms with van der Waals surface area (Å²) in [5.41, 5.74) is 2.60. The van der Waals surface area contributed by atoms with Crippen molar-refractivity contribution in [2.24, 2.45) is 0 Å². The molecule has 9 nitrogen and oxygen atoms in total. The fourth-order valence-corrected chi connectivity index (χ4v) is 3.55. The molecule has 164 valence electrons. The molecule has 1 atom stereocenters. The molecule has 0 aliphatic carbocycles. The molecule has 0 saturated heterocycles. The fraction of sp³-hybridized carbons (Fsp3) is 0.125. The van der Waals surface area contributed by atoms with E-state index in [0.717, 1.165) is 5.69 Å². The number of fused-ring (bicyclic) bond motifs is 1. The zero-order valence-corrected chi connectivity index (χ0v) is 17.8. The highest BCUT2D eigenvalue weighted by atomic mass is 16.5. The van der Waals surface area contributed by atoms with Crippen molar-refractivity contribution in [3.8, 4) is 23.0 Å². The van der Waals surface area contributed by atoms with Gasteiger partial charge in [0.2, 0.25) is 11.8 Å². The van der Waals surface area contributed by atoms with Crippen molar-refractivity contribution in [1.29, 1.82) is 0 Å². The zero-order valence-electron chi connectivity index (χ0n) is 17.8. The number of nitrogens with zero attached hydrogens (tertiary/aromatic N) is 5. The minimum atomic E-state index is -0.881. The molecule has 0 bridgehead atoms. The molecular weight excluding hydrogens is 420 g/mol. The van der Waals surface area contributed by atoms with E-state index in [0.29, 0.717) is 28.8 Å². The van der Waals surface area contributed by atoms with Crippen LogP contribution in [0.5, 0.6) is 5.88 Å². The van der Waals surface area contributed by atoms with Gasteiger partial charge in [0.25, 0.3) is 5.91 Å². The largest absolute Gasteiger partial charge is 0.465 e. The van der Waals surface area contributed by atoms with Crippen LogP contribution in [-0.4, -0.2) is 44.0 Å². The van der Waals surface area contributed by atoms with Gasteiger partial charge in [0.15, 0.2) is 11.9 Å². The van der Waals surface area contributed by atoms with Crippen LogP contribution in [0.3, 0.4) is 0 Å². The summed E-state index contributed by atoms with van der Waals surface area (Å²) < 4.78 is 7.70. The molecule has 4 aromatic rings. The number of aromatic nitrogens is 4. The van der Waals surface area contributed by atoms with Crippen molar-refractivity contribution < 1.29 is 14.3 Å². The average molecular weight is 440 g/mol. The quantitative estimate of drug-likeness (QED) is 0.512. The van der Waals surface area contributed by atoms with Gasteiger partial charge >= 0.3 is 0 Å². The van der Waals surface area contributed by atoms with Crippen LogP contribution in [0, 0.1) is 0 Å². The monoisotopic (exact) mass is 440 g/mol. The maximum absolute atomic E-state index is 13.2. The van der Waals surface area contributed by atoms with Crippen LogP contribution >= 0.6 is 0 Å². The first-order chi connectivity index (χ1) is 16.1. The van der Waals surface area contributed by atoms with Gasteiger partial charge in [-0.2, -0.15) is 0 Å².